The van der Waals surface area contributed by atoms with Crippen molar-refractivity contribution in [1.29, 1.82) is 0 Å². The van der Waals surface area contributed by atoms with Gasteiger partial charge >= 0.3 is 6.30 Å². The molecule has 0 amide bonds. The summed E-state index contributed by atoms with van der Waals surface area (Å²) in [5.74, 6) is 0. The molecule has 0 aromatic carbocycles. The van der Waals surface area contributed by atoms with E-state index in [1.807, 2.05) is 0 Å². The first-order chi connectivity index (χ1) is 5.43. The van der Waals surface area contributed by atoms with E-state index in [9.17, 15) is 13.2 Å². The lowest BCUT2D eigenvalue weighted by molar-refractivity contribution is -0.257. The minimum Gasteiger partial charge on any atom is -0.212 e. The Balaban J connectivity index is 4.22. The van der Waals surface area contributed by atoms with E-state index in [0.29, 0.717) is 17.7 Å². The van der Waals surface area contributed by atoms with Crippen molar-refractivity contribution in [3.63, 3.8) is 0 Å². The van der Waals surface area contributed by atoms with Gasteiger partial charge in [0, 0.05) is 12.6 Å². The fraction of sp³-hybridized carbons (Fsp3) is 1.00. The summed E-state index contributed by atoms with van der Waals surface area (Å²) in [6.07, 6.45) is -3.12. The van der Waals surface area contributed by atoms with Crippen molar-refractivity contribution in [3.8, 4) is 0 Å². The van der Waals surface area contributed by atoms with Gasteiger partial charge in [-0.15, -0.1) is 0 Å². The van der Waals surface area contributed by atoms with Crippen LogP contribution < -0.4 is 0 Å². The zero-order valence-corrected chi connectivity index (χ0v) is 7.78. The van der Waals surface area contributed by atoms with E-state index < -0.39 is 12.3 Å². The zero-order valence-electron chi connectivity index (χ0n) is 7.78. The van der Waals surface area contributed by atoms with Gasteiger partial charge in [-0.25, -0.2) is 4.90 Å². The van der Waals surface area contributed by atoms with Crippen molar-refractivity contribution in [1.82, 2.24) is 4.90 Å². The SMILES string of the molecule is CCCN([C@H](C)CC)C(F)(F)F. The monoisotopic (exact) mass is 183 g/mol. The van der Waals surface area contributed by atoms with E-state index in [1.54, 1.807) is 20.8 Å². The smallest absolute Gasteiger partial charge is 0.212 e. The lowest BCUT2D eigenvalue weighted by Crippen LogP contribution is -2.44. The van der Waals surface area contributed by atoms with E-state index in [0.717, 1.165) is 0 Å². The number of alkyl halides is 3. The van der Waals surface area contributed by atoms with Crippen LogP contribution in [0.5, 0.6) is 0 Å². The molecule has 0 rings (SSSR count). The Bertz CT molecular complexity index is 122. The van der Waals surface area contributed by atoms with Crippen molar-refractivity contribution in [2.75, 3.05) is 6.54 Å². The highest BCUT2D eigenvalue weighted by atomic mass is 19.4. The van der Waals surface area contributed by atoms with Crippen molar-refractivity contribution >= 4 is 0 Å². The molecule has 0 radical (unpaired) electrons. The van der Waals surface area contributed by atoms with Crippen LogP contribution in [0.15, 0.2) is 0 Å². The fourth-order valence-electron chi connectivity index (χ4n) is 1.06. The molecule has 0 unspecified atom stereocenters. The third kappa shape index (κ3) is 3.43. The molecular weight excluding hydrogens is 167 g/mol. The molecule has 0 fully saturated rings. The first-order valence-corrected chi connectivity index (χ1v) is 4.26. The van der Waals surface area contributed by atoms with Gasteiger partial charge in [0.2, 0.25) is 0 Å². The molecule has 0 heterocycles. The first-order valence-electron chi connectivity index (χ1n) is 4.26. The lowest BCUT2D eigenvalue weighted by Gasteiger charge is -2.29. The maximum Gasteiger partial charge on any atom is 0.460 e. The summed E-state index contributed by atoms with van der Waals surface area (Å²) in [7, 11) is 0. The normalized spacial score (nSPS) is 15.2. The largest absolute Gasteiger partial charge is 0.460 e. The second-order valence-corrected chi connectivity index (χ2v) is 2.92. The van der Waals surface area contributed by atoms with Gasteiger partial charge in [-0.2, -0.15) is 13.2 Å². The second-order valence-electron chi connectivity index (χ2n) is 2.92. The topological polar surface area (TPSA) is 3.24 Å². The summed E-state index contributed by atoms with van der Waals surface area (Å²) in [6, 6.07) is -0.412. The molecule has 4 heteroatoms. The van der Waals surface area contributed by atoms with Crippen LogP contribution in [-0.2, 0) is 0 Å². The molecule has 1 atom stereocenters. The van der Waals surface area contributed by atoms with Crippen LogP contribution >= 0.6 is 0 Å². The van der Waals surface area contributed by atoms with Crippen molar-refractivity contribution < 1.29 is 13.2 Å². The molecule has 0 aromatic heterocycles. The lowest BCUT2D eigenvalue weighted by atomic mass is 10.2. The van der Waals surface area contributed by atoms with Gasteiger partial charge in [0.1, 0.15) is 0 Å². The van der Waals surface area contributed by atoms with Crippen molar-refractivity contribution in [3.05, 3.63) is 0 Å². The minimum absolute atomic E-state index is 0.0957. The van der Waals surface area contributed by atoms with Gasteiger partial charge in [0.05, 0.1) is 0 Å². The van der Waals surface area contributed by atoms with E-state index in [4.69, 9.17) is 0 Å². The number of rotatable bonds is 4. The molecule has 0 saturated carbocycles. The molecule has 0 aromatic rings. The molecule has 12 heavy (non-hydrogen) atoms. The highest BCUT2D eigenvalue weighted by Crippen LogP contribution is 2.24. The summed E-state index contributed by atoms with van der Waals surface area (Å²) in [5, 5.41) is 0. The quantitative estimate of drug-likeness (QED) is 0.605. The number of nitrogens with zero attached hydrogens (tertiary/aromatic N) is 1. The summed E-state index contributed by atoms with van der Waals surface area (Å²) in [6.45, 7) is 5.21. The van der Waals surface area contributed by atoms with Crippen LogP contribution in [-0.4, -0.2) is 23.8 Å². The van der Waals surface area contributed by atoms with Gasteiger partial charge in [-0.1, -0.05) is 13.8 Å². The molecule has 0 aliphatic rings. The molecule has 0 spiro atoms. The molecule has 0 aliphatic heterocycles. The highest BCUT2D eigenvalue weighted by Gasteiger charge is 2.38. The Labute approximate surface area is 71.6 Å². The van der Waals surface area contributed by atoms with Crippen LogP contribution in [0.4, 0.5) is 13.2 Å². The van der Waals surface area contributed by atoms with Gasteiger partial charge in [-0.05, 0) is 19.8 Å². The predicted octanol–water partition coefficient (Wildman–Crippen LogP) is 3.02. The van der Waals surface area contributed by atoms with Crippen LogP contribution in [0.1, 0.15) is 33.6 Å². The van der Waals surface area contributed by atoms with E-state index >= 15 is 0 Å². The number of halogens is 3. The summed E-state index contributed by atoms with van der Waals surface area (Å²) >= 11 is 0. The molecule has 0 saturated heterocycles. The maximum atomic E-state index is 12.3. The average Bonchev–Trinajstić information content (AvgIpc) is 1.96. The summed E-state index contributed by atoms with van der Waals surface area (Å²) in [4.78, 5) is 0.590. The van der Waals surface area contributed by atoms with Crippen LogP contribution in [0.2, 0.25) is 0 Å². The van der Waals surface area contributed by atoms with E-state index in [1.165, 1.54) is 0 Å². The third-order valence-corrected chi connectivity index (χ3v) is 1.91. The number of hydrogen-bond acceptors (Lipinski definition) is 1. The van der Waals surface area contributed by atoms with E-state index in [-0.39, 0.29) is 6.54 Å². The van der Waals surface area contributed by atoms with Crippen LogP contribution in [0, 0.1) is 0 Å². The second kappa shape index (κ2) is 4.70. The Morgan fingerprint density at radius 2 is 1.75 bits per heavy atom. The summed E-state index contributed by atoms with van der Waals surface area (Å²) < 4.78 is 36.8. The molecule has 0 bridgehead atoms. The fourth-order valence-corrected chi connectivity index (χ4v) is 1.06. The molecule has 0 aliphatic carbocycles. The Morgan fingerprint density at radius 1 is 1.25 bits per heavy atom. The van der Waals surface area contributed by atoms with E-state index in [2.05, 4.69) is 0 Å². The van der Waals surface area contributed by atoms with Gasteiger partial charge < -0.3 is 0 Å². The Hall–Kier alpha value is -0.250. The standard InChI is InChI=1S/C8H16F3N/c1-4-6-12(7(3)5-2)8(9,10)11/h7H,4-6H2,1-3H3/t7-/m1/s1. The molecule has 74 valence electrons. The van der Waals surface area contributed by atoms with Gasteiger partial charge in [0.25, 0.3) is 0 Å². The highest BCUT2D eigenvalue weighted by molar-refractivity contribution is 4.67. The van der Waals surface area contributed by atoms with Crippen LogP contribution in [0.3, 0.4) is 0 Å². The van der Waals surface area contributed by atoms with Gasteiger partial charge in [-0.3, -0.25) is 0 Å². The molecule has 0 N–H and O–H groups in total. The molecule has 1 nitrogen and oxygen atoms in total. The minimum atomic E-state index is -4.18. The maximum absolute atomic E-state index is 12.3. The average molecular weight is 183 g/mol. The Morgan fingerprint density at radius 3 is 2.00 bits per heavy atom. The van der Waals surface area contributed by atoms with Crippen molar-refractivity contribution in [2.45, 2.75) is 46.0 Å². The zero-order chi connectivity index (χ0) is 9.78. The van der Waals surface area contributed by atoms with Crippen LogP contribution in [0.25, 0.3) is 0 Å². The number of hydrogen-bond donors (Lipinski definition) is 0. The summed E-state index contributed by atoms with van der Waals surface area (Å²) in [5.41, 5.74) is 0. The van der Waals surface area contributed by atoms with Crippen molar-refractivity contribution in [2.24, 2.45) is 0 Å². The Kier molecular flexibility index (Phi) is 4.60. The predicted molar refractivity (Wildman–Crippen MR) is 42.8 cm³/mol. The van der Waals surface area contributed by atoms with Gasteiger partial charge in [0.15, 0.2) is 0 Å². The third-order valence-electron chi connectivity index (χ3n) is 1.91. The first kappa shape index (κ1) is 11.8. The molecular formula is C8H16F3N.